The third-order valence-electron chi connectivity index (χ3n) is 12.0. The quantitative estimate of drug-likeness (QED) is 0.172. The molecule has 0 amide bonds. The predicted octanol–water partition coefficient (Wildman–Crippen LogP) is 11.1. The molecule has 0 unspecified atom stereocenters. The van der Waals surface area contributed by atoms with Gasteiger partial charge in [0, 0.05) is 10.8 Å². The van der Waals surface area contributed by atoms with Gasteiger partial charge in [-0.05, 0) is 130 Å². The molecule has 1 radical (unpaired) electrons. The van der Waals surface area contributed by atoms with E-state index in [1.807, 2.05) is 19.9 Å². The van der Waals surface area contributed by atoms with Gasteiger partial charge in [0.2, 0.25) is 0 Å². The Labute approximate surface area is 304 Å². The van der Waals surface area contributed by atoms with Gasteiger partial charge in [0.25, 0.3) is 0 Å². The highest BCUT2D eigenvalue weighted by Crippen LogP contribution is 2.52. The van der Waals surface area contributed by atoms with Crippen LogP contribution < -0.4 is 5.46 Å². The molecule has 253 valence electrons. The normalized spacial score (nSPS) is 15.2. The third kappa shape index (κ3) is 5.50. The van der Waals surface area contributed by atoms with Crippen molar-refractivity contribution in [3.63, 3.8) is 0 Å². The summed E-state index contributed by atoms with van der Waals surface area (Å²) in [5, 5.41) is 10.5. The largest absolute Gasteiger partial charge is 0.427 e. The van der Waals surface area contributed by atoms with Crippen LogP contribution >= 0.6 is 0 Å². The summed E-state index contributed by atoms with van der Waals surface area (Å²) in [6, 6.07) is 47.1. The molecule has 0 aliphatic heterocycles. The Hall–Kier alpha value is -4.70. The van der Waals surface area contributed by atoms with Crippen LogP contribution in [-0.2, 0) is 15.5 Å². The molecular formula is C48H46BO2. The molecule has 0 spiro atoms. The summed E-state index contributed by atoms with van der Waals surface area (Å²) >= 11 is 0. The molecule has 0 fully saturated rings. The first-order valence-corrected chi connectivity index (χ1v) is 18.1. The van der Waals surface area contributed by atoms with Gasteiger partial charge < -0.3 is 9.76 Å². The zero-order valence-electron chi connectivity index (χ0n) is 31.1. The molecule has 6 aromatic carbocycles. The van der Waals surface area contributed by atoms with E-state index in [4.69, 9.17) is 4.65 Å². The van der Waals surface area contributed by atoms with E-state index in [9.17, 15) is 5.11 Å². The van der Waals surface area contributed by atoms with E-state index < -0.39 is 11.2 Å². The lowest BCUT2D eigenvalue weighted by Gasteiger charge is -2.37. The van der Waals surface area contributed by atoms with Crippen molar-refractivity contribution in [3.05, 3.63) is 150 Å². The highest BCUT2D eigenvalue weighted by atomic mass is 16.5. The van der Waals surface area contributed by atoms with E-state index in [1.54, 1.807) is 21.3 Å². The molecule has 3 heteroatoms. The molecule has 0 heterocycles. The Morgan fingerprint density at radius 1 is 0.451 bits per heavy atom. The van der Waals surface area contributed by atoms with Crippen LogP contribution in [0.5, 0.6) is 0 Å². The number of rotatable bonds is 7. The van der Waals surface area contributed by atoms with Gasteiger partial charge in [0.15, 0.2) is 0 Å². The smallest absolute Gasteiger partial charge is 0.330 e. The number of hydrogen-bond acceptors (Lipinski definition) is 2. The number of hydrogen-bond donors (Lipinski definition) is 1. The van der Waals surface area contributed by atoms with Crippen molar-refractivity contribution in [2.24, 2.45) is 0 Å². The minimum atomic E-state index is -0.976. The number of fused-ring (bicyclic) bond motifs is 6. The fourth-order valence-electron chi connectivity index (χ4n) is 8.01. The van der Waals surface area contributed by atoms with E-state index >= 15 is 0 Å². The maximum absolute atomic E-state index is 10.5. The van der Waals surface area contributed by atoms with E-state index in [0.29, 0.717) is 0 Å². The SMILES string of the molecule is CC1(C)c2ccccc2-c2ccc(-c3ccc4c(c3)C(C)(C)c3cc(-c5cccc(-c6cccc([B]OC(C)(C)C(C)(C)O)c6)c5)ccc3-4)cc21. The van der Waals surface area contributed by atoms with Crippen LogP contribution in [0.25, 0.3) is 55.6 Å². The molecule has 0 atom stereocenters. The molecule has 8 rings (SSSR count). The first-order valence-electron chi connectivity index (χ1n) is 18.1. The zero-order valence-corrected chi connectivity index (χ0v) is 31.1. The second kappa shape index (κ2) is 11.7. The maximum Gasteiger partial charge on any atom is 0.330 e. The Morgan fingerprint density at radius 2 is 0.863 bits per heavy atom. The molecule has 2 aliphatic rings. The summed E-state index contributed by atoms with van der Waals surface area (Å²) < 4.78 is 6.05. The van der Waals surface area contributed by atoms with E-state index in [2.05, 4.69) is 149 Å². The Morgan fingerprint density at radius 3 is 1.37 bits per heavy atom. The molecular weight excluding hydrogens is 619 g/mol. The maximum atomic E-state index is 10.5. The monoisotopic (exact) mass is 665 g/mol. The lowest BCUT2D eigenvalue weighted by Crippen LogP contribution is -2.49. The van der Waals surface area contributed by atoms with E-state index in [0.717, 1.165) is 16.6 Å². The van der Waals surface area contributed by atoms with Crippen molar-refractivity contribution < 1.29 is 9.76 Å². The summed E-state index contributed by atoms with van der Waals surface area (Å²) in [5.74, 6) is 0. The van der Waals surface area contributed by atoms with Gasteiger partial charge >= 0.3 is 7.48 Å². The van der Waals surface area contributed by atoms with Gasteiger partial charge in [0.05, 0.1) is 11.2 Å². The van der Waals surface area contributed by atoms with Crippen molar-refractivity contribution in [1.29, 1.82) is 0 Å². The molecule has 51 heavy (non-hydrogen) atoms. The van der Waals surface area contributed by atoms with Gasteiger partial charge in [-0.15, -0.1) is 0 Å². The average Bonchev–Trinajstić information content (AvgIpc) is 3.49. The molecule has 2 aliphatic carbocycles. The zero-order chi connectivity index (χ0) is 35.9. The van der Waals surface area contributed by atoms with Crippen LogP contribution in [0.4, 0.5) is 0 Å². The molecule has 6 aromatic rings. The molecule has 0 saturated heterocycles. The second-order valence-corrected chi connectivity index (χ2v) is 16.6. The van der Waals surface area contributed by atoms with Crippen LogP contribution in [0.15, 0.2) is 127 Å². The fourth-order valence-corrected chi connectivity index (χ4v) is 8.01. The Kier molecular flexibility index (Phi) is 7.65. The average molecular weight is 666 g/mol. The summed E-state index contributed by atoms with van der Waals surface area (Å²) in [6.07, 6.45) is 0. The lowest BCUT2D eigenvalue weighted by atomic mass is 9.80. The summed E-state index contributed by atoms with van der Waals surface area (Å²) in [5.41, 5.74) is 17.3. The highest BCUT2D eigenvalue weighted by molar-refractivity contribution is 6.47. The van der Waals surface area contributed by atoms with Gasteiger partial charge in [-0.25, -0.2) is 0 Å². The lowest BCUT2D eigenvalue weighted by molar-refractivity contribution is -0.0893. The molecule has 2 nitrogen and oxygen atoms in total. The van der Waals surface area contributed by atoms with Crippen LogP contribution in [-0.4, -0.2) is 23.8 Å². The topological polar surface area (TPSA) is 29.5 Å². The summed E-state index contributed by atoms with van der Waals surface area (Å²) in [7, 11) is 1.75. The van der Waals surface area contributed by atoms with Crippen LogP contribution in [0, 0.1) is 0 Å². The fraction of sp³-hybridized carbons (Fsp3) is 0.250. The van der Waals surface area contributed by atoms with Crippen molar-refractivity contribution in [1.82, 2.24) is 0 Å². The Bertz CT molecular complexity index is 2340. The number of aliphatic hydroxyl groups is 1. The van der Waals surface area contributed by atoms with Crippen LogP contribution in [0.1, 0.15) is 77.6 Å². The summed E-state index contributed by atoms with van der Waals surface area (Å²) in [4.78, 5) is 0. The van der Waals surface area contributed by atoms with Crippen molar-refractivity contribution >= 4 is 12.9 Å². The van der Waals surface area contributed by atoms with Gasteiger partial charge in [-0.1, -0.05) is 136 Å². The van der Waals surface area contributed by atoms with Crippen LogP contribution in [0.2, 0.25) is 0 Å². The first kappa shape index (κ1) is 33.4. The molecule has 0 aromatic heterocycles. The minimum Gasteiger partial charge on any atom is -0.427 e. The summed E-state index contributed by atoms with van der Waals surface area (Å²) in [6.45, 7) is 16.8. The van der Waals surface area contributed by atoms with E-state index in [-0.39, 0.29) is 10.8 Å². The highest BCUT2D eigenvalue weighted by Gasteiger charge is 2.38. The van der Waals surface area contributed by atoms with Crippen LogP contribution in [0.3, 0.4) is 0 Å². The predicted molar refractivity (Wildman–Crippen MR) is 215 cm³/mol. The first-order chi connectivity index (χ1) is 24.1. The minimum absolute atomic E-state index is 0.0213. The third-order valence-corrected chi connectivity index (χ3v) is 12.0. The van der Waals surface area contributed by atoms with Gasteiger partial charge in [-0.3, -0.25) is 0 Å². The van der Waals surface area contributed by atoms with Gasteiger partial charge in [0.1, 0.15) is 0 Å². The molecule has 0 bridgehead atoms. The number of benzene rings is 6. The molecule has 1 N–H and O–H groups in total. The van der Waals surface area contributed by atoms with Crippen molar-refractivity contribution in [2.75, 3.05) is 0 Å². The molecule has 0 saturated carbocycles. The van der Waals surface area contributed by atoms with Gasteiger partial charge in [-0.2, -0.15) is 0 Å². The second-order valence-electron chi connectivity index (χ2n) is 16.6. The van der Waals surface area contributed by atoms with Crippen molar-refractivity contribution in [2.45, 2.75) is 77.4 Å². The standard InChI is InChI=1S/C48H46BO2/c1-45(2)41-18-10-9-17-37(41)38-22-20-34(28-42(38)45)35-21-24-40-39-23-19-33(27-43(39)46(3,4)44(40)29-35)31-14-11-13-30(25-31)32-15-12-16-36(26-32)49-51-48(7,8)47(5,6)50/h9-29,50H,1-8H3. The Balaban J connectivity index is 1.08. The van der Waals surface area contributed by atoms with E-state index in [1.165, 1.54) is 66.8 Å². The van der Waals surface area contributed by atoms with Crippen molar-refractivity contribution in [3.8, 4) is 55.6 Å².